The Morgan fingerprint density at radius 1 is 0.237 bits per heavy atom. The summed E-state index contributed by atoms with van der Waals surface area (Å²) in [5.41, 5.74) is 21.0. The van der Waals surface area contributed by atoms with Crippen LogP contribution in [-0.4, -0.2) is 4.57 Å². The molecule has 1 aromatic heterocycles. The topological polar surface area (TPSA) is 8.17 Å². The van der Waals surface area contributed by atoms with Gasteiger partial charge in [0.1, 0.15) is 0 Å². The summed E-state index contributed by atoms with van der Waals surface area (Å²) in [6, 6.07) is 111. The van der Waals surface area contributed by atoms with E-state index in [1.54, 1.807) is 0 Å². The van der Waals surface area contributed by atoms with Crippen LogP contribution in [0.5, 0.6) is 0 Å². The minimum absolute atomic E-state index is 1.07. The molecule has 13 aromatic carbocycles. The van der Waals surface area contributed by atoms with Crippen molar-refractivity contribution in [3.05, 3.63) is 303 Å². The molecule has 0 atom stereocenters. The zero-order valence-corrected chi connectivity index (χ0v) is 41.8. The molecule has 0 radical (unpaired) electrons. The number of rotatable bonds is 10. The zero-order chi connectivity index (χ0) is 50.4. The maximum absolute atomic E-state index is 2.43. The number of benzene rings is 13. The van der Waals surface area contributed by atoms with E-state index < -0.39 is 0 Å². The third-order valence-corrected chi connectivity index (χ3v) is 15.1. The highest BCUT2D eigenvalue weighted by atomic mass is 15.1. The molecular weight excluding hydrogens is 917 g/mol. The molecule has 0 bridgehead atoms. The first-order valence-corrected chi connectivity index (χ1v) is 26.1. The molecule has 2 heteroatoms. The van der Waals surface area contributed by atoms with Gasteiger partial charge in [0.2, 0.25) is 0 Å². The van der Waals surface area contributed by atoms with Crippen LogP contribution in [-0.2, 0) is 0 Å². The van der Waals surface area contributed by atoms with Gasteiger partial charge in [0, 0.05) is 33.5 Å². The Hall–Kier alpha value is -10.0. The van der Waals surface area contributed by atoms with Crippen LogP contribution in [0, 0.1) is 0 Å². The second-order valence-corrected chi connectivity index (χ2v) is 19.7. The highest BCUT2D eigenvalue weighted by molar-refractivity contribution is 6.23. The molecule has 14 aromatic rings. The predicted octanol–water partition coefficient (Wildman–Crippen LogP) is 20.6. The Balaban J connectivity index is 0.906. The van der Waals surface area contributed by atoms with Gasteiger partial charge in [-0.25, -0.2) is 0 Å². The number of hydrogen-bond acceptors (Lipinski definition) is 1. The number of para-hydroxylation sites is 2. The maximum Gasteiger partial charge on any atom is 0.0553 e. The molecule has 1 heterocycles. The lowest BCUT2D eigenvalue weighted by Crippen LogP contribution is -2.10. The predicted molar refractivity (Wildman–Crippen MR) is 323 cm³/mol. The van der Waals surface area contributed by atoms with Gasteiger partial charge < -0.3 is 9.47 Å². The summed E-state index contributed by atoms with van der Waals surface area (Å²) in [5.74, 6) is 0. The molecule has 0 spiro atoms. The fraction of sp³-hybridized carbons (Fsp3) is 0. The second-order valence-electron chi connectivity index (χ2n) is 19.7. The van der Waals surface area contributed by atoms with E-state index in [0.717, 1.165) is 39.4 Å². The van der Waals surface area contributed by atoms with Crippen molar-refractivity contribution in [3.63, 3.8) is 0 Å². The fourth-order valence-electron chi connectivity index (χ4n) is 11.5. The summed E-state index contributed by atoms with van der Waals surface area (Å²) in [6.45, 7) is 0. The molecule has 76 heavy (non-hydrogen) atoms. The van der Waals surface area contributed by atoms with Crippen LogP contribution in [0.25, 0.3) is 116 Å². The average molecular weight is 967 g/mol. The lowest BCUT2D eigenvalue weighted by molar-refractivity contribution is 1.18. The largest absolute Gasteiger partial charge is 0.310 e. The summed E-state index contributed by atoms with van der Waals surface area (Å²) in [4.78, 5) is 2.41. The quantitative estimate of drug-likeness (QED) is 0.133. The first-order chi connectivity index (χ1) is 37.7. The van der Waals surface area contributed by atoms with Gasteiger partial charge in [0.25, 0.3) is 0 Å². The van der Waals surface area contributed by atoms with E-state index >= 15 is 0 Å². The fourth-order valence-corrected chi connectivity index (χ4v) is 11.5. The van der Waals surface area contributed by atoms with Crippen molar-refractivity contribution in [2.75, 3.05) is 4.90 Å². The van der Waals surface area contributed by atoms with Gasteiger partial charge in [-0.3, -0.25) is 0 Å². The maximum atomic E-state index is 2.43. The molecule has 0 aliphatic rings. The summed E-state index contributed by atoms with van der Waals surface area (Å²) in [7, 11) is 0. The lowest BCUT2D eigenvalue weighted by Gasteiger charge is -2.27. The van der Waals surface area contributed by atoms with Crippen molar-refractivity contribution in [1.29, 1.82) is 0 Å². The van der Waals surface area contributed by atoms with E-state index in [-0.39, 0.29) is 0 Å². The Morgan fingerprint density at radius 3 is 1.32 bits per heavy atom. The first kappa shape index (κ1) is 44.7. The summed E-state index contributed by atoms with van der Waals surface area (Å²) in [6.07, 6.45) is 0. The lowest BCUT2D eigenvalue weighted by atomic mass is 9.92. The van der Waals surface area contributed by atoms with E-state index in [0.29, 0.717) is 0 Å². The molecule has 0 saturated carbocycles. The molecular formula is C74H50N2. The van der Waals surface area contributed by atoms with Crippen molar-refractivity contribution in [2.24, 2.45) is 0 Å². The van der Waals surface area contributed by atoms with Crippen molar-refractivity contribution >= 4 is 60.4 Å². The number of nitrogens with zero attached hydrogens (tertiary/aromatic N) is 2. The minimum atomic E-state index is 1.07. The van der Waals surface area contributed by atoms with Gasteiger partial charge in [0.15, 0.2) is 0 Å². The number of hydrogen-bond donors (Lipinski definition) is 0. The van der Waals surface area contributed by atoms with Crippen molar-refractivity contribution in [3.8, 4) is 72.4 Å². The van der Waals surface area contributed by atoms with Crippen LogP contribution >= 0.6 is 0 Å². The number of aromatic nitrogens is 1. The standard InChI is InChI=1S/C74H50N2/c1-4-18-51(19-5-1)60-46-61(52-20-6-2-7-21-52)48-62(47-60)55-40-44-65(45-41-55)75(64-42-38-54(39-43-64)53-34-36-57(37-35-53)68-32-17-24-56-22-10-12-29-67(56)68)66-28-16-25-59(49-66)73-69-30-13-11-23-58(69)50-72-74(73)70-31-14-15-33-71(70)76(72)63-26-8-3-9-27-63/h1-50H. The van der Waals surface area contributed by atoms with Crippen molar-refractivity contribution < 1.29 is 0 Å². The number of fused-ring (bicyclic) bond motifs is 5. The summed E-state index contributed by atoms with van der Waals surface area (Å²) < 4.78 is 2.43. The van der Waals surface area contributed by atoms with E-state index in [9.17, 15) is 0 Å². The van der Waals surface area contributed by atoms with Gasteiger partial charge in [-0.1, -0.05) is 224 Å². The van der Waals surface area contributed by atoms with Gasteiger partial charge in [-0.2, -0.15) is 0 Å². The highest BCUT2D eigenvalue weighted by Gasteiger charge is 2.21. The van der Waals surface area contributed by atoms with E-state index in [2.05, 4.69) is 313 Å². The van der Waals surface area contributed by atoms with Gasteiger partial charge in [-0.05, 0) is 167 Å². The Morgan fingerprint density at radius 2 is 0.684 bits per heavy atom. The molecule has 14 rings (SSSR count). The van der Waals surface area contributed by atoms with Crippen LogP contribution in [0.4, 0.5) is 17.1 Å². The van der Waals surface area contributed by atoms with Crippen molar-refractivity contribution in [2.45, 2.75) is 0 Å². The van der Waals surface area contributed by atoms with E-state index in [4.69, 9.17) is 0 Å². The van der Waals surface area contributed by atoms with Crippen molar-refractivity contribution in [1.82, 2.24) is 4.57 Å². The van der Waals surface area contributed by atoms with E-state index in [1.807, 2.05) is 0 Å². The molecule has 0 amide bonds. The molecule has 0 unspecified atom stereocenters. The molecule has 0 saturated heterocycles. The summed E-state index contributed by atoms with van der Waals surface area (Å²) >= 11 is 0. The van der Waals surface area contributed by atoms with Crippen LogP contribution in [0.2, 0.25) is 0 Å². The third-order valence-electron chi connectivity index (χ3n) is 15.1. The number of anilines is 3. The monoisotopic (exact) mass is 966 g/mol. The average Bonchev–Trinajstić information content (AvgIpc) is 3.88. The normalized spacial score (nSPS) is 11.4. The molecule has 0 aliphatic carbocycles. The van der Waals surface area contributed by atoms with Crippen LogP contribution in [0.3, 0.4) is 0 Å². The first-order valence-electron chi connectivity index (χ1n) is 26.1. The van der Waals surface area contributed by atoms with Gasteiger partial charge in [0.05, 0.1) is 11.0 Å². The Bertz CT molecular complexity index is 4340. The van der Waals surface area contributed by atoms with Gasteiger partial charge >= 0.3 is 0 Å². The SMILES string of the molecule is c1ccc(-c2cc(-c3ccccc3)cc(-c3ccc(N(c4ccc(-c5ccc(-c6cccc7ccccc67)cc5)cc4)c4cccc(-c5c6ccccc6cc6c5c5ccccc5n6-c5ccccc5)c4)cc3)c2)cc1. The second kappa shape index (κ2) is 19.1. The molecule has 2 nitrogen and oxygen atoms in total. The minimum Gasteiger partial charge on any atom is -0.310 e. The van der Waals surface area contributed by atoms with Gasteiger partial charge in [-0.15, -0.1) is 0 Å². The van der Waals surface area contributed by atoms with E-state index in [1.165, 1.54) is 93.4 Å². The molecule has 0 N–H and O–H groups in total. The summed E-state index contributed by atoms with van der Waals surface area (Å²) in [5, 5.41) is 7.42. The van der Waals surface area contributed by atoms with Crippen LogP contribution in [0.1, 0.15) is 0 Å². The Kier molecular flexibility index (Phi) is 11.2. The molecule has 0 aliphatic heterocycles. The van der Waals surface area contributed by atoms with Crippen LogP contribution in [0.15, 0.2) is 303 Å². The van der Waals surface area contributed by atoms with Crippen LogP contribution < -0.4 is 4.90 Å². The third kappa shape index (κ3) is 8.10. The Labute approximate surface area is 443 Å². The molecule has 356 valence electrons. The molecule has 0 fully saturated rings. The zero-order valence-electron chi connectivity index (χ0n) is 41.8. The highest BCUT2D eigenvalue weighted by Crippen LogP contribution is 2.46. The smallest absolute Gasteiger partial charge is 0.0553 e.